The van der Waals surface area contributed by atoms with E-state index in [2.05, 4.69) is 10.0 Å². The molecule has 1 amide bonds. The normalized spacial score (nSPS) is 11.2. The van der Waals surface area contributed by atoms with Gasteiger partial charge in [-0.25, -0.2) is 12.8 Å². The predicted molar refractivity (Wildman–Crippen MR) is 81.9 cm³/mol. The number of anilines is 2. The highest BCUT2D eigenvalue weighted by molar-refractivity contribution is 7.92. The van der Waals surface area contributed by atoms with Gasteiger partial charge in [0.1, 0.15) is 5.82 Å². The van der Waals surface area contributed by atoms with Crippen LogP contribution in [0.3, 0.4) is 0 Å². The number of thiophene rings is 1. The number of hydrogen-bond acceptors (Lipinski definition) is 4. The van der Waals surface area contributed by atoms with Crippen LogP contribution in [0.25, 0.3) is 0 Å². The van der Waals surface area contributed by atoms with Crippen molar-refractivity contribution in [2.24, 2.45) is 0 Å². The summed E-state index contributed by atoms with van der Waals surface area (Å²) >= 11 is 1.27. The Bertz CT molecular complexity index is 784. The van der Waals surface area contributed by atoms with E-state index in [9.17, 15) is 17.6 Å². The molecule has 1 aromatic heterocycles. The zero-order chi connectivity index (χ0) is 15.6. The average Bonchev–Trinajstić information content (AvgIpc) is 2.77. The Hall–Kier alpha value is -1.93. The molecule has 21 heavy (non-hydrogen) atoms. The molecule has 0 fully saturated rings. The van der Waals surface area contributed by atoms with E-state index in [1.165, 1.54) is 17.4 Å². The number of sulfonamides is 1. The Kier molecular flexibility index (Phi) is 4.29. The van der Waals surface area contributed by atoms with Crippen LogP contribution in [0.1, 0.15) is 15.2 Å². The highest BCUT2D eigenvalue weighted by Gasteiger charge is 2.15. The van der Waals surface area contributed by atoms with Gasteiger partial charge < -0.3 is 5.32 Å². The molecule has 1 aromatic carbocycles. The molecule has 0 aliphatic heterocycles. The number of halogens is 1. The van der Waals surface area contributed by atoms with Gasteiger partial charge in [0.25, 0.3) is 5.91 Å². The number of amides is 1. The second-order valence-corrected chi connectivity index (χ2v) is 7.12. The van der Waals surface area contributed by atoms with Crippen LogP contribution in [-0.2, 0) is 10.0 Å². The number of nitrogens with one attached hydrogen (secondary N) is 2. The largest absolute Gasteiger partial charge is 0.319 e. The zero-order valence-corrected chi connectivity index (χ0v) is 12.9. The molecule has 5 nitrogen and oxygen atoms in total. The molecule has 112 valence electrons. The molecule has 8 heteroatoms. The van der Waals surface area contributed by atoms with Crippen LogP contribution in [-0.4, -0.2) is 20.6 Å². The van der Waals surface area contributed by atoms with Crippen molar-refractivity contribution in [2.75, 3.05) is 16.3 Å². The van der Waals surface area contributed by atoms with Crippen LogP contribution in [0.15, 0.2) is 29.6 Å². The van der Waals surface area contributed by atoms with Crippen LogP contribution in [0.4, 0.5) is 15.8 Å². The summed E-state index contributed by atoms with van der Waals surface area (Å²) in [5.74, 6) is -0.975. The van der Waals surface area contributed by atoms with Gasteiger partial charge in [0.05, 0.1) is 22.5 Å². The summed E-state index contributed by atoms with van der Waals surface area (Å²) in [5.41, 5.74) is 0.997. The quantitative estimate of drug-likeness (QED) is 0.906. The monoisotopic (exact) mass is 328 g/mol. The van der Waals surface area contributed by atoms with Crippen LogP contribution < -0.4 is 10.0 Å². The molecule has 2 rings (SSSR count). The van der Waals surface area contributed by atoms with E-state index < -0.39 is 15.8 Å². The average molecular weight is 328 g/mol. The van der Waals surface area contributed by atoms with Gasteiger partial charge in [-0.15, -0.1) is 11.3 Å². The summed E-state index contributed by atoms with van der Waals surface area (Å²) in [5, 5.41) is 4.36. The SMILES string of the molecule is Cc1ccsc1C(=O)Nc1ccc(F)cc1NS(C)(=O)=O. The Morgan fingerprint density at radius 2 is 1.95 bits per heavy atom. The molecule has 2 N–H and O–H groups in total. The number of rotatable bonds is 4. The fourth-order valence-electron chi connectivity index (χ4n) is 1.69. The topological polar surface area (TPSA) is 75.3 Å². The van der Waals surface area contributed by atoms with Crippen molar-refractivity contribution in [1.82, 2.24) is 0 Å². The number of carbonyl (C=O) groups excluding carboxylic acids is 1. The molecule has 1 heterocycles. The van der Waals surface area contributed by atoms with Gasteiger partial charge in [-0.2, -0.15) is 0 Å². The number of hydrogen-bond donors (Lipinski definition) is 2. The molecular formula is C13H13FN2O3S2. The van der Waals surface area contributed by atoms with Crippen LogP contribution in [0.5, 0.6) is 0 Å². The third-order valence-corrected chi connectivity index (χ3v) is 4.20. The van der Waals surface area contributed by atoms with Gasteiger partial charge >= 0.3 is 0 Å². The molecule has 0 spiro atoms. The molecule has 2 aromatic rings. The summed E-state index contributed by atoms with van der Waals surface area (Å²) in [7, 11) is -3.58. The van der Waals surface area contributed by atoms with E-state index >= 15 is 0 Å². The summed E-state index contributed by atoms with van der Waals surface area (Å²) in [6.07, 6.45) is 0.951. The third-order valence-electron chi connectivity index (χ3n) is 2.59. The maximum absolute atomic E-state index is 13.3. The fraction of sp³-hybridized carbons (Fsp3) is 0.154. The van der Waals surface area contributed by atoms with E-state index in [1.54, 1.807) is 18.4 Å². The van der Waals surface area contributed by atoms with Crippen molar-refractivity contribution in [3.8, 4) is 0 Å². The van der Waals surface area contributed by atoms with Gasteiger partial charge in [-0.3, -0.25) is 9.52 Å². The molecule has 0 saturated carbocycles. The van der Waals surface area contributed by atoms with E-state index in [0.717, 1.165) is 24.0 Å². The van der Waals surface area contributed by atoms with Crippen molar-refractivity contribution in [2.45, 2.75) is 6.92 Å². The molecule has 0 aliphatic rings. The van der Waals surface area contributed by atoms with Crippen LogP contribution in [0, 0.1) is 12.7 Å². The minimum absolute atomic E-state index is 0.0138. The first-order valence-corrected chi connectivity index (χ1v) is 8.66. The van der Waals surface area contributed by atoms with Gasteiger partial charge in [-0.05, 0) is 36.1 Å². The summed E-state index contributed by atoms with van der Waals surface area (Å²) in [6, 6.07) is 5.27. The van der Waals surface area contributed by atoms with Crippen molar-refractivity contribution in [3.05, 3.63) is 45.9 Å². The first-order valence-electron chi connectivity index (χ1n) is 5.89. The Morgan fingerprint density at radius 3 is 2.52 bits per heavy atom. The Morgan fingerprint density at radius 1 is 1.24 bits per heavy atom. The molecule has 0 aliphatic carbocycles. The molecule has 0 bridgehead atoms. The Balaban J connectivity index is 2.32. The first kappa shape index (κ1) is 15.5. The number of benzene rings is 1. The van der Waals surface area contributed by atoms with Crippen molar-refractivity contribution in [1.29, 1.82) is 0 Å². The first-order chi connectivity index (χ1) is 9.76. The van der Waals surface area contributed by atoms with Crippen LogP contribution in [0.2, 0.25) is 0 Å². The minimum atomic E-state index is -3.58. The van der Waals surface area contributed by atoms with Crippen molar-refractivity contribution >= 4 is 38.6 Å². The molecule has 0 unspecified atom stereocenters. The summed E-state index contributed by atoms with van der Waals surface area (Å²) < 4.78 is 38.0. The standard InChI is InChI=1S/C13H13FN2O3S2/c1-8-5-6-20-12(8)13(17)15-10-4-3-9(14)7-11(10)16-21(2,18)19/h3-7,16H,1-2H3,(H,15,17). The van der Waals surface area contributed by atoms with E-state index in [-0.39, 0.29) is 17.3 Å². The number of carbonyl (C=O) groups is 1. The maximum atomic E-state index is 13.3. The van der Waals surface area contributed by atoms with Crippen molar-refractivity contribution < 1.29 is 17.6 Å². The zero-order valence-electron chi connectivity index (χ0n) is 11.3. The highest BCUT2D eigenvalue weighted by Crippen LogP contribution is 2.25. The van der Waals surface area contributed by atoms with Gasteiger partial charge in [0, 0.05) is 6.07 Å². The molecule has 0 atom stereocenters. The smallest absolute Gasteiger partial charge is 0.266 e. The maximum Gasteiger partial charge on any atom is 0.266 e. The van der Waals surface area contributed by atoms with Gasteiger partial charge in [-0.1, -0.05) is 0 Å². The lowest BCUT2D eigenvalue weighted by atomic mass is 10.2. The lowest BCUT2D eigenvalue weighted by Crippen LogP contribution is -2.16. The Labute approximate surface area is 125 Å². The fourth-order valence-corrected chi connectivity index (χ4v) is 3.08. The van der Waals surface area contributed by atoms with E-state index in [4.69, 9.17) is 0 Å². The molecule has 0 radical (unpaired) electrons. The molecule has 0 saturated heterocycles. The summed E-state index contributed by atoms with van der Waals surface area (Å²) in [4.78, 5) is 12.6. The van der Waals surface area contributed by atoms with Gasteiger partial charge in [0.15, 0.2) is 0 Å². The lowest BCUT2D eigenvalue weighted by molar-refractivity contribution is 0.103. The van der Waals surface area contributed by atoms with Crippen molar-refractivity contribution in [3.63, 3.8) is 0 Å². The van der Waals surface area contributed by atoms with Gasteiger partial charge in [0.2, 0.25) is 10.0 Å². The van der Waals surface area contributed by atoms with E-state index in [1.807, 2.05) is 0 Å². The lowest BCUT2D eigenvalue weighted by Gasteiger charge is -2.12. The van der Waals surface area contributed by atoms with Crippen LogP contribution >= 0.6 is 11.3 Å². The second-order valence-electron chi connectivity index (χ2n) is 4.45. The predicted octanol–water partition coefficient (Wildman–Crippen LogP) is 2.82. The number of aryl methyl sites for hydroxylation is 1. The molecular weight excluding hydrogens is 315 g/mol. The highest BCUT2D eigenvalue weighted by atomic mass is 32.2. The second kappa shape index (κ2) is 5.82. The summed E-state index contributed by atoms with van der Waals surface area (Å²) in [6.45, 7) is 1.80. The third kappa shape index (κ3) is 4.02. The van der Waals surface area contributed by atoms with E-state index in [0.29, 0.717) is 4.88 Å². The minimum Gasteiger partial charge on any atom is -0.319 e.